The minimum Gasteiger partial charge on any atom is -0.491 e. The van der Waals surface area contributed by atoms with Crippen molar-refractivity contribution < 1.29 is 22.7 Å². The normalized spacial score (nSPS) is 10.1. The number of ether oxygens (including phenoxy) is 1. The highest BCUT2D eigenvalue weighted by molar-refractivity contribution is 5.95. The summed E-state index contributed by atoms with van der Waals surface area (Å²) in [5.74, 6) is -5.28. The molecule has 0 N–H and O–H groups in total. The molecule has 5 heteroatoms. The number of ketones is 1. The summed E-state index contributed by atoms with van der Waals surface area (Å²) < 4.78 is 43.3. The number of methoxy groups -OCH3 is 1. The number of Topliss-reactive ketones (excluding diaryl/α,β-unsaturated/α-hetero) is 1. The van der Waals surface area contributed by atoms with Gasteiger partial charge in [0.2, 0.25) is 0 Å². The number of halogens is 3. The van der Waals surface area contributed by atoms with Gasteiger partial charge in [-0.1, -0.05) is 0 Å². The quantitative estimate of drug-likeness (QED) is 0.691. The summed E-state index contributed by atoms with van der Waals surface area (Å²) in [6, 6.07) is 0.415. The molecule has 0 aromatic heterocycles. The highest BCUT2D eigenvalue weighted by Crippen LogP contribution is 2.26. The van der Waals surface area contributed by atoms with Gasteiger partial charge in [-0.25, -0.2) is 13.2 Å². The molecular formula is C9H7F3O2. The zero-order chi connectivity index (χ0) is 10.9. The first-order valence-electron chi connectivity index (χ1n) is 3.71. The van der Waals surface area contributed by atoms with Crippen molar-refractivity contribution in [3.63, 3.8) is 0 Å². The molecule has 0 aliphatic rings. The van der Waals surface area contributed by atoms with Crippen LogP contribution in [-0.2, 0) is 0 Å². The van der Waals surface area contributed by atoms with E-state index in [-0.39, 0.29) is 0 Å². The van der Waals surface area contributed by atoms with Crippen molar-refractivity contribution in [2.24, 2.45) is 0 Å². The highest BCUT2D eigenvalue weighted by Gasteiger charge is 2.22. The van der Waals surface area contributed by atoms with E-state index in [1.54, 1.807) is 0 Å². The largest absolute Gasteiger partial charge is 0.491 e. The van der Waals surface area contributed by atoms with E-state index in [2.05, 4.69) is 4.74 Å². The van der Waals surface area contributed by atoms with E-state index in [1.165, 1.54) is 0 Å². The summed E-state index contributed by atoms with van der Waals surface area (Å²) in [6.07, 6.45) is 0. The lowest BCUT2D eigenvalue weighted by molar-refractivity contribution is 0.100. The second kappa shape index (κ2) is 3.69. The van der Waals surface area contributed by atoms with Crippen LogP contribution in [0.1, 0.15) is 17.3 Å². The third kappa shape index (κ3) is 1.57. The highest BCUT2D eigenvalue weighted by atomic mass is 19.1. The molecule has 0 aliphatic carbocycles. The van der Waals surface area contributed by atoms with Crippen LogP contribution in [-0.4, -0.2) is 12.9 Å². The second-order valence-corrected chi connectivity index (χ2v) is 2.62. The number of carbonyl (C=O) groups excluding carboxylic acids is 1. The summed E-state index contributed by atoms with van der Waals surface area (Å²) >= 11 is 0. The maximum absolute atomic E-state index is 13.2. The maximum atomic E-state index is 13.2. The Labute approximate surface area is 78.3 Å². The van der Waals surface area contributed by atoms with Crippen molar-refractivity contribution >= 4 is 5.78 Å². The molecule has 0 spiro atoms. The van der Waals surface area contributed by atoms with E-state index in [4.69, 9.17) is 0 Å². The van der Waals surface area contributed by atoms with Gasteiger partial charge in [0.1, 0.15) is 5.82 Å². The fourth-order valence-electron chi connectivity index (χ4n) is 1.08. The van der Waals surface area contributed by atoms with Gasteiger partial charge >= 0.3 is 0 Å². The van der Waals surface area contributed by atoms with Crippen LogP contribution in [0, 0.1) is 17.5 Å². The molecule has 0 atom stereocenters. The van der Waals surface area contributed by atoms with Crippen molar-refractivity contribution in [3.05, 3.63) is 29.1 Å². The van der Waals surface area contributed by atoms with Crippen LogP contribution in [0.25, 0.3) is 0 Å². The molecule has 0 saturated heterocycles. The Morgan fingerprint density at radius 2 is 1.86 bits per heavy atom. The summed E-state index contributed by atoms with van der Waals surface area (Å²) in [5, 5.41) is 0. The molecule has 0 aliphatic heterocycles. The van der Waals surface area contributed by atoms with Crippen molar-refractivity contribution in [1.29, 1.82) is 0 Å². The van der Waals surface area contributed by atoms with Crippen LogP contribution in [0.5, 0.6) is 5.75 Å². The first-order chi connectivity index (χ1) is 6.49. The van der Waals surface area contributed by atoms with Gasteiger partial charge in [-0.05, 0) is 6.92 Å². The second-order valence-electron chi connectivity index (χ2n) is 2.62. The Balaban J connectivity index is 3.52. The Bertz CT molecular complexity index is 388. The Kier molecular flexibility index (Phi) is 2.78. The molecule has 0 fully saturated rings. The first-order valence-corrected chi connectivity index (χ1v) is 3.71. The summed E-state index contributed by atoms with van der Waals surface area (Å²) in [5.41, 5.74) is -0.789. The van der Waals surface area contributed by atoms with E-state index in [9.17, 15) is 18.0 Å². The lowest BCUT2D eigenvalue weighted by Gasteiger charge is -2.07. The zero-order valence-electron chi connectivity index (χ0n) is 7.53. The number of hydrogen-bond donors (Lipinski definition) is 0. The molecule has 1 rings (SSSR count). The van der Waals surface area contributed by atoms with Crippen LogP contribution in [0.4, 0.5) is 13.2 Å². The van der Waals surface area contributed by atoms with Crippen LogP contribution in [0.2, 0.25) is 0 Å². The molecule has 1 aromatic rings. The van der Waals surface area contributed by atoms with Gasteiger partial charge in [-0.2, -0.15) is 0 Å². The standard InChI is InChI=1S/C9H7F3O2/c1-4(13)7-5(10)3-6(11)9(14-2)8(7)12/h3H,1-2H3. The van der Waals surface area contributed by atoms with Gasteiger partial charge in [0.05, 0.1) is 12.7 Å². The predicted octanol–water partition coefficient (Wildman–Crippen LogP) is 2.32. The van der Waals surface area contributed by atoms with E-state index in [0.717, 1.165) is 14.0 Å². The van der Waals surface area contributed by atoms with Gasteiger partial charge < -0.3 is 4.74 Å². The first kappa shape index (κ1) is 10.6. The van der Waals surface area contributed by atoms with Gasteiger partial charge in [0, 0.05) is 6.07 Å². The third-order valence-electron chi connectivity index (χ3n) is 1.68. The topological polar surface area (TPSA) is 26.3 Å². The van der Waals surface area contributed by atoms with Crippen LogP contribution in [0.15, 0.2) is 6.07 Å². The van der Waals surface area contributed by atoms with Crippen molar-refractivity contribution in [2.75, 3.05) is 7.11 Å². The number of hydrogen-bond acceptors (Lipinski definition) is 2. The SMILES string of the molecule is COc1c(F)cc(F)c(C(C)=O)c1F. The number of rotatable bonds is 2. The molecule has 0 bridgehead atoms. The molecule has 0 radical (unpaired) electrons. The average molecular weight is 204 g/mol. The van der Waals surface area contributed by atoms with Crippen LogP contribution in [0.3, 0.4) is 0 Å². The molecule has 76 valence electrons. The van der Waals surface area contributed by atoms with Crippen LogP contribution < -0.4 is 4.74 Å². The Morgan fingerprint density at radius 3 is 2.29 bits per heavy atom. The molecule has 2 nitrogen and oxygen atoms in total. The van der Waals surface area contributed by atoms with Gasteiger partial charge in [0.25, 0.3) is 0 Å². The molecule has 0 amide bonds. The molecule has 0 heterocycles. The minimum absolute atomic E-state index is 0.415. The molecule has 0 unspecified atom stereocenters. The van der Waals surface area contributed by atoms with E-state index in [0.29, 0.717) is 6.07 Å². The molecule has 1 aromatic carbocycles. The minimum atomic E-state index is -1.31. The average Bonchev–Trinajstić information content (AvgIpc) is 2.02. The summed E-state index contributed by atoms with van der Waals surface area (Å²) in [4.78, 5) is 10.8. The number of benzene rings is 1. The molecule has 0 saturated carbocycles. The van der Waals surface area contributed by atoms with Gasteiger partial charge in [0.15, 0.2) is 23.2 Å². The fraction of sp³-hybridized carbons (Fsp3) is 0.222. The van der Waals surface area contributed by atoms with E-state index < -0.39 is 34.5 Å². The monoisotopic (exact) mass is 204 g/mol. The summed E-state index contributed by atoms with van der Waals surface area (Å²) in [7, 11) is 1.03. The maximum Gasteiger partial charge on any atom is 0.191 e. The number of carbonyl (C=O) groups is 1. The van der Waals surface area contributed by atoms with Crippen LogP contribution >= 0.6 is 0 Å². The lowest BCUT2D eigenvalue weighted by Crippen LogP contribution is -2.05. The smallest absolute Gasteiger partial charge is 0.191 e. The van der Waals surface area contributed by atoms with Crippen molar-refractivity contribution in [3.8, 4) is 5.75 Å². The fourth-order valence-corrected chi connectivity index (χ4v) is 1.08. The van der Waals surface area contributed by atoms with Gasteiger partial charge in [-0.15, -0.1) is 0 Å². The van der Waals surface area contributed by atoms with E-state index in [1.807, 2.05) is 0 Å². The molecule has 14 heavy (non-hydrogen) atoms. The predicted molar refractivity (Wildman–Crippen MR) is 42.9 cm³/mol. The lowest BCUT2D eigenvalue weighted by atomic mass is 10.1. The third-order valence-corrected chi connectivity index (χ3v) is 1.68. The summed E-state index contributed by atoms with van der Waals surface area (Å²) in [6.45, 7) is 0.985. The van der Waals surface area contributed by atoms with E-state index >= 15 is 0 Å². The van der Waals surface area contributed by atoms with Crippen molar-refractivity contribution in [1.82, 2.24) is 0 Å². The molecular weight excluding hydrogens is 197 g/mol. The van der Waals surface area contributed by atoms with Gasteiger partial charge in [-0.3, -0.25) is 4.79 Å². The zero-order valence-corrected chi connectivity index (χ0v) is 7.53. The Morgan fingerprint density at radius 1 is 1.29 bits per heavy atom. The van der Waals surface area contributed by atoms with Crippen molar-refractivity contribution in [2.45, 2.75) is 6.92 Å². The Hall–Kier alpha value is -1.52.